The number of carbonyl (C=O) groups excluding carboxylic acids is 2. The quantitative estimate of drug-likeness (QED) is 0.537. The number of urea groups is 1. The monoisotopic (exact) mass is 461 g/mol. The van der Waals surface area contributed by atoms with Crippen LogP contribution in [0.4, 0.5) is 35.0 Å². The van der Waals surface area contributed by atoms with Crippen LogP contribution in [0.2, 0.25) is 0 Å². The number of carbonyl (C=O) groups is 2. The van der Waals surface area contributed by atoms with E-state index in [0.29, 0.717) is 33.0 Å². The highest BCUT2D eigenvalue weighted by atomic mass is 32.1. The Balaban J connectivity index is 1.52. The molecule has 5 rings (SSSR count). The maximum Gasteiger partial charge on any atom is 0.416 e. The zero-order valence-corrected chi connectivity index (χ0v) is 17.4. The summed E-state index contributed by atoms with van der Waals surface area (Å²) < 4.78 is 38.8. The molecule has 2 aliphatic rings. The number of alkyl halides is 3. The van der Waals surface area contributed by atoms with E-state index in [9.17, 15) is 22.8 Å². The average Bonchev–Trinajstić information content (AvgIpc) is 3.14. The molecule has 11 heteroatoms. The molecule has 0 spiro atoms. The second-order valence-corrected chi connectivity index (χ2v) is 8.64. The van der Waals surface area contributed by atoms with E-state index in [2.05, 4.69) is 20.9 Å². The summed E-state index contributed by atoms with van der Waals surface area (Å²) in [5.41, 5.74) is 0.315. The highest BCUT2D eigenvalue weighted by Gasteiger charge is 2.34. The molecule has 4 heterocycles. The van der Waals surface area contributed by atoms with E-state index in [1.807, 2.05) is 0 Å². The van der Waals surface area contributed by atoms with Gasteiger partial charge in [0.1, 0.15) is 9.71 Å². The summed E-state index contributed by atoms with van der Waals surface area (Å²) in [6.45, 7) is 1.60. The van der Waals surface area contributed by atoms with Gasteiger partial charge in [-0.15, -0.1) is 11.3 Å². The number of pyridine rings is 1. The Hall–Kier alpha value is -3.18. The van der Waals surface area contributed by atoms with Gasteiger partial charge in [-0.25, -0.2) is 9.78 Å². The SMILES string of the molecule is O=C(N[C@@H]1CCCNC1)c1sc2nccc3c2c1NC(=O)N3c1ccc(C(F)(F)F)cc1. The molecule has 3 N–H and O–H groups in total. The maximum absolute atomic E-state index is 13.0. The summed E-state index contributed by atoms with van der Waals surface area (Å²) in [7, 11) is 0. The van der Waals surface area contributed by atoms with Crippen LogP contribution in [0.15, 0.2) is 36.5 Å². The Morgan fingerprint density at radius 1 is 1.22 bits per heavy atom. The van der Waals surface area contributed by atoms with Crippen LogP contribution in [0.25, 0.3) is 10.2 Å². The Bertz CT molecular complexity index is 1200. The summed E-state index contributed by atoms with van der Waals surface area (Å²) in [5.74, 6) is -0.286. The summed E-state index contributed by atoms with van der Waals surface area (Å²) in [5, 5.41) is 9.57. The number of hydrogen-bond acceptors (Lipinski definition) is 5. The molecule has 2 aliphatic heterocycles. The van der Waals surface area contributed by atoms with Gasteiger partial charge in [0, 0.05) is 18.8 Å². The molecule has 1 fully saturated rings. The van der Waals surface area contributed by atoms with Crippen LogP contribution < -0.4 is 20.9 Å². The van der Waals surface area contributed by atoms with Crippen LogP contribution in [0.1, 0.15) is 28.1 Å². The van der Waals surface area contributed by atoms with Crippen LogP contribution in [-0.2, 0) is 6.18 Å². The van der Waals surface area contributed by atoms with Gasteiger partial charge < -0.3 is 16.0 Å². The molecule has 32 heavy (non-hydrogen) atoms. The van der Waals surface area contributed by atoms with Gasteiger partial charge in [0.15, 0.2) is 0 Å². The normalized spacial score (nSPS) is 18.5. The molecule has 0 bridgehead atoms. The minimum Gasteiger partial charge on any atom is -0.347 e. The number of amides is 3. The van der Waals surface area contributed by atoms with Gasteiger partial charge in [0.2, 0.25) is 0 Å². The number of benzene rings is 1. The summed E-state index contributed by atoms with van der Waals surface area (Å²) in [4.78, 5) is 32.5. The van der Waals surface area contributed by atoms with E-state index in [1.54, 1.807) is 6.07 Å². The van der Waals surface area contributed by atoms with Crippen LogP contribution in [-0.4, -0.2) is 36.1 Å². The van der Waals surface area contributed by atoms with E-state index in [-0.39, 0.29) is 17.6 Å². The third kappa shape index (κ3) is 3.56. The predicted molar refractivity (Wildman–Crippen MR) is 116 cm³/mol. The lowest BCUT2D eigenvalue weighted by molar-refractivity contribution is -0.137. The van der Waals surface area contributed by atoms with Crippen molar-refractivity contribution in [1.29, 1.82) is 0 Å². The molecule has 2 aromatic heterocycles. The molecule has 0 aliphatic carbocycles. The van der Waals surface area contributed by atoms with Crippen molar-refractivity contribution in [2.45, 2.75) is 25.1 Å². The third-order valence-corrected chi connectivity index (χ3v) is 6.63. The fraction of sp³-hybridized carbons (Fsp3) is 0.286. The Kier molecular flexibility index (Phi) is 5.01. The topological polar surface area (TPSA) is 86.4 Å². The zero-order chi connectivity index (χ0) is 22.5. The van der Waals surface area contributed by atoms with Crippen molar-refractivity contribution in [3.8, 4) is 0 Å². The first-order valence-corrected chi connectivity index (χ1v) is 10.9. The first-order chi connectivity index (χ1) is 15.3. The largest absolute Gasteiger partial charge is 0.416 e. The number of nitrogens with one attached hydrogen (secondary N) is 3. The standard InChI is InChI=1S/C21H18F3N5O2S/c22-21(23,24)11-3-5-13(6-4-11)29-14-7-9-26-19-15(14)16(28-20(29)31)17(32-19)18(30)27-12-2-1-8-25-10-12/h3-7,9,12,25H,1-2,8,10H2,(H,27,30)(H,28,31)/t12-/m1/s1. The van der Waals surface area contributed by atoms with Crippen molar-refractivity contribution in [3.63, 3.8) is 0 Å². The fourth-order valence-corrected chi connectivity index (χ4v) is 5.05. The van der Waals surface area contributed by atoms with Gasteiger partial charge in [0.25, 0.3) is 5.91 Å². The molecule has 1 saturated heterocycles. The smallest absolute Gasteiger partial charge is 0.347 e. The number of piperidine rings is 1. The van der Waals surface area contributed by atoms with E-state index >= 15 is 0 Å². The second-order valence-electron chi connectivity index (χ2n) is 7.64. The van der Waals surface area contributed by atoms with Gasteiger partial charge in [-0.1, -0.05) is 0 Å². The van der Waals surface area contributed by atoms with Crippen molar-refractivity contribution < 1.29 is 22.8 Å². The highest BCUT2D eigenvalue weighted by Crippen LogP contribution is 2.46. The number of nitrogens with zero attached hydrogens (tertiary/aromatic N) is 2. The first kappa shape index (κ1) is 20.7. The molecule has 3 amide bonds. The van der Waals surface area contributed by atoms with E-state index in [1.165, 1.54) is 34.6 Å². The number of hydrogen-bond donors (Lipinski definition) is 3. The van der Waals surface area contributed by atoms with Crippen LogP contribution in [0, 0.1) is 0 Å². The Morgan fingerprint density at radius 2 is 2.00 bits per heavy atom. The fourth-order valence-electron chi connectivity index (χ4n) is 4.03. The predicted octanol–water partition coefficient (Wildman–Crippen LogP) is 4.48. The maximum atomic E-state index is 13.0. The molecule has 3 aromatic rings. The third-order valence-electron chi connectivity index (χ3n) is 5.54. The lowest BCUT2D eigenvalue weighted by Crippen LogP contribution is -2.45. The minimum atomic E-state index is -4.47. The molecule has 166 valence electrons. The zero-order valence-electron chi connectivity index (χ0n) is 16.6. The van der Waals surface area contributed by atoms with Gasteiger partial charge in [-0.3, -0.25) is 9.69 Å². The van der Waals surface area contributed by atoms with Gasteiger partial charge in [-0.2, -0.15) is 13.2 Å². The van der Waals surface area contributed by atoms with Crippen molar-refractivity contribution in [2.75, 3.05) is 23.3 Å². The number of halogens is 3. The molecule has 0 radical (unpaired) electrons. The number of thiophene rings is 1. The number of aromatic nitrogens is 1. The molecule has 0 unspecified atom stereocenters. The lowest BCUT2D eigenvalue weighted by atomic mass is 10.1. The van der Waals surface area contributed by atoms with Crippen LogP contribution >= 0.6 is 11.3 Å². The molecule has 7 nitrogen and oxygen atoms in total. The van der Waals surface area contributed by atoms with Crippen LogP contribution in [0.5, 0.6) is 0 Å². The van der Waals surface area contributed by atoms with E-state index in [0.717, 1.165) is 31.5 Å². The molecule has 1 aromatic carbocycles. The average molecular weight is 461 g/mol. The Morgan fingerprint density at radius 3 is 2.69 bits per heavy atom. The van der Waals surface area contributed by atoms with Gasteiger partial charge >= 0.3 is 12.2 Å². The second kappa shape index (κ2) is 7.75. The first-order valence-electron chi connectivity index (χ1n) is 10.0. The van der Waals surface area contributed by atoms with Gasteiger partial charge in [-0.05, 0) is 49.7 Å². The lowest BCUT2D eigenvalue weighted by Gasteiger charge is -2.29. The molecular weight excluding hydrogens is 443 g/mol. The molecular formula is C21H18F3N5O2S. The van der Waals surface area contributed by atoms with Crippen molar-refractivity contribution in [2.24, 2.45) is 0 Å². The van der Waals surface area contributed by atoms with E-state index in [4.69, 9.17) is 0 Å². The van der Waals surface area contributed by atoms with Crippen molar-refractivity contribution >= 4 is 50.6 Å². The minimum absolute atomic E-state index is 0.00373. The Labute approximate surface area is 184 Å². The number of anilines is 3. The van der Waals surface area contributed by atoms with Gasteiger partial charge in [0.05, 0.1) is 28.0 Å². The molecule has 1 atom stereocenters. The summed E-state index contributed by atoms with van der Waals surface area (Å²) in [6.07, 6.45) is -1.12. The van der Waals surface area contributed by atoms with Crippen molar-refractivity contribution in [3.05, 3.63) is 47.0 Å². The summed E-state index contributed by atoms with van der Waals surface area (Å²) in [6, 6.07) is 5.41. The summed E-state index contributed by atoms with van der Waals surface area (Å²) >= 11 is 1.17. The van der Waals surface area contributed by atoms with Crippen LogP contribution in [0.3, 0.4) is 0 Å². The van der Waals surface area contributed by atoms with E-state index < -0.39 is 17.8 Å². The highest BCUT2D eigenvalue weighted by molar-refractivity contribution is 7.21. The number of rotatable bonds is 3. The molecule has 0 saturated carbocycles. The van der Waals surface area contributed by atoms with Crippen molar-refractivity contribution in [1.82, 2.24) is 15.6 Å².